The topological polar surface area (TPSA) is 87.2 Å². The van der Waals surface area contributed by atoms with Crippen LogP contribution in [-0.2, 0) is 16.0 Å². The van der Waals surface area contributed by atoms with Crippen LogP contribution in [0.2, 0.25) is 5.02 Å². The van der Waals surface area contributed by atoms with E-state index in [2.05, 4.69) is 20.4 Å². The molecule has 3 aromatic heterocycles. The van der Waals surface area contributed by atoms with E-state index in [0.717, 1.165) is 16.8 Å². The molecular formula is C21H15ClN6O2. The zero-order chi connectivity index (χ0) is 20.7. The molecule has 0 saturated heterocycles. The maximum atomic E-state index is 11.9. The summed E-state index contributed by atoms with van der Waals surface area (Å²) in [6.45, 7) is 0. The van der Waals surface area contributed by atoms with Crippen LogP contribution in [0.1, 0.15) is 5.69 Å². The van der Waals surface area contributed by atoms with Gasteiger partial charge in [-0.3, -0.25) is 4.79 Å². The number of hydrogen-bond donors (Lipinski definition) is 0. The van der Waals surface area contributed by atoms with Crippen molar-refractivity contribution in [1.82, 2.24) is 29.6 Å². The molecule has 0 aliphatic carbocycles. The third kappa shape index (κ3) is 2.98. The maximum absolute atomic E-state index is 11.9. The minimum atomic E-state index is -0.404. The van der Waals surface area contributed by atoms with Gasteiger partial charge in [0.05, 0.1) is 25.4 Å². The molecule has 0 atom stereocenters. The normalized spacial score (nSPS) is 11.3. The van der Waals surface area contributed by atoms with E-state index >= 15 is 0 Å². The van der Waals surface area contributed by atoms with Crippen LogP contribution in [-0.4, -0.2) is 42.7 Å². The number of ether oxygens (including phenoxy) is 1. The zero-order valence-corrected chi connectivity index (χ0v) is 16.6. The molecule has 8 nitrogen and oxygen atoms in total. The molecule has 0 bridgehead atoms. The van der Waals surface area contributed by atoms with E-state index in [1.54, 1.807) is 15.4 Å². The highest BCUT2D eigenvalue weighted by molar-refractivity contribution is 6.30. The maximum Gasteiger partial charge on any atom is 0.311 e. The Kier molecular flexibility index (Phi) is 4.40. The molecule has 5 aromatic rings. The minimum Gasteiger partial charge on any atom is -0.469 e. The molecule has 0 unspecified atom stereocenters. The molecular weight excluding hydrogens is 404 g/mol. The fourth-order valence-corrected chi connectivity index (χ4v) is 3.46. The second-order valence-corrected chi connectivity index (χ2v) is 7.06. The van der Waals surface area contributed by atoms with Gasteiger partial charge in [-0.1, -0.05) is 41.9 Å². The Balaban J connectivity index is 1.78. The summed E-state index contributed by atoms with van der Waals surface area (Å²) in [7, 11) is 1.34. The van der Waals surface area contributed by atoms with E-state index in [-0.39, 0.29) is 6.42 Å². The largest absolute Gasteiger partial charge is 0.469 e. The van der Waals surface area contributed by atoms with Gasteiger partial charge in [-0.25, -0.2) is 4.68 Å². The van der Waals surface area contributed by atoms with Crippen LogP contribution in [0.3, 0.4) is 0 Å². The second-order valence-electron chi connectivity index (χ2n) is 6.62. The summed E-state index contributed by atoms with van der Waals surface area (Å²) in [5.41, 5.74) is 4.70. The van der Waals surface area contributed by atoms with E-state index in [4.69, 9.17) is 16.3 Å². The lowest BCUT2D eigenvalue weighted by molar-refractivity contribution is -0.139. The van der Waals surface area contributed by atoms with Crippen molar-refractivity contribution in [2.45, 2.75) is 6.42 Å². The van der Waals surface area contributed by atoms with Crippen LogP contribution in [0, 0.1) is 0 Å². The molecule has 30 heavy (non-hydrogen) atoms. The summed E-state index contributed by atoms with van der Waals surface area (Å²) in [5, 5.41) is 18.6. The molecule has 5 rings (SSSR count). The van der Waals surface area contributed by atoms with Gasteiger partial charge in [0, 0.05) is 10.6 Å². The van der Waals surface area contributed by atoms with Crippen molar-refractivity contribution < 1.29 is 9.53 Å². The van der Waals surface area contributed by atoms with Crippen LogP contribution >= 0.6 is 11.6 Å². The Hall–Kier alpha value is -3.78. The summed E-state index contributed by atoms with van der Waals surface area (Å²) in [6.07, 6.45) is 1.72. The Morgan fingerprint density at radius 3 is 2.57 bits per heavy atom. The van der Waals surface area contributed by atoms with E-state index in [9.17, 15) is 4.79 Å². The number of carbonyl (C=O) groups is 1. The van der Waals surface area contributed by atoms with Gasteiger partial charge < -0.3 is 4.74 Å². The molecule has 0 spiro atoms. The quantitative estimate of drug-likeness (QED) is 0.415. The van der Waals surface area contributed by atoms with Gasteiger partial charge in [-0.05, 0) is 29.8 Å². The lowest BCUT2D eigenvalue weighted by Crippen LogP contribution is -2.06. The van der Waals surface area contributed by atoms with Crippen molar-refractivity contribution in [2.75, 3.05) is 7.11 Å². The van der Waals surface area contributed by atoms with Gasteiger partial charge in [0.25, 0.3) is 0 Å². The number of esters is 1. The van der Waals surface area contributed by atoms with Crippen molar-refractivity contribution in [3.63, 3.8) is 0 Å². The van der Waals surface area contributed by atoms with Gasteiger partial charge >= 0.3 is 5.97 Å². The number of nitrogens with zero attached hydrogens (tertiary/aromatic N) is 6. The molecule has 0 amide bonds. The highest BCUT2D eigenvalue weighted by atomic mass is 35.5. The van der Waals surface area contributed by atoms with E-state index < -0.39 is 5.97 Å². The fraction of sp³-hybridized carbons (Fsp3) is 0.0952. The number of hydrogen-bond acceptors (Lipinski definition) is 6. The van der Waals surface area contributed by atoms with Crippen LogP contribution in [0.15, 0.2) is 60.8 Å². The SMILES string of the molecule is COC(=O)Cc1nn(-c2ccccc2)c2c1nnc1c(-c3ccc(Cl)cc3)cnn12. The molecule has 0 fully saturated rings. The monoisotopic (exact) mass is 418 g/mol. The molecule has 148 valence electrons. The van der Waals surface area contributed by atoms with E-state index in [1.165, 1.54) is 7.11 Å². The highest BCUT2D eigenvalue weighted by Gasteiger charge is 2.22. The molecule has 0 radical (unpaired) electrons. The molecule has 3 heterocycles. The number of fused-ring (bicyclic) bond motifs is 3. The van der Waals surface area contributed by atoms with Crippen molar-refractivity contribution >= 4 is 34.4 Å². The average Bonchev–Trinajstić information content (AvgIpc) is 3.36. The van der Waals surface area contributed by atoms with Crippen LogP contribution in [0.4, 0.5) is 0 Å². The number of aromatic nitrogens is 6. The summed E-state index contributed by atoms with van der Waals surface area (Å²) in [6, 6.07) is 17.0. The summed E-state index contributed by atoms with van der Waals surface area (Å²) >= 11 is 6.02. The number of rotatable bonds is 4. The smallest absolute Gasteiger partial charge is 0.311 e. The molecule has 0 aliphatic rings. The van der Waals surface area contributed by atoms with Crippen molar-refractivity contribution in [3.05, 3.63) is 71.5 Å². The summed E-state index contributed by atoms with van der Waals surface area (Å²) in [4.78, 5) is 11.9. The van der Waals surface area contributed by atoms with E-state index in [0.29, 0.717) is 27.5 Å². The standard InChI is InChI=1S/C21H15ClN6O2/c1-30-18(29)11-17-19-21(27(26-17)15-5-3-2-4-6-15)28-20(25-24-19)16(12-23-28)13-7-9-14(22)10-8-13/h2-10,12H,11H2,1H3. The van der Waals surface area contributed by atoms with Crippen LogP contribution in [0.25, 0.3) is 33.6 Å². The van der Waals surface area contributed by atoms with Crippen molar-refractivity contribution in [3.8, 4) is 16.8 Å². The van der Waals surface area contributed by atoms with Gasteiger partial charge in [-0.2, -0.15) is 14.7 Å². The summed E-state index contributed by atoms with van der Waals surface area (Å²) < 4.78 is 8.21. The highest BCUT2D eigenvalue weighted by Crippen LogP contribution is 2.28. The Morgan fingerprint density at radius 2 is 1.83 bits per heavy atom. The Morgan fingerprint density at radius 1 is 1.07 bits per heavy atom. The minimum absolute atomic E-state index is 0.0155. The van der Waals surface area contributed by atoms with Crippen LogP contribution in [0.5, 0.6) is 0 Å². The number of para-hydroxylation sites is 1. The zero-order valence-electron chi connectivity index (χ0n) is 15.9. The number of benzene rings is 2. The lowest BCUT2D eigenvalue weighted by Gasteiger charge is -2.04. The predicted molar refractivity (Wildman–Crippen MR) is 112 cm³/mol. The number of carbonyl (C=O) groups excluding carboxylic acids is 1. The second kappa shape index (κ2) is 7.23. The first-order valence-electron chi connectivity index (χ1n) is 9.16. The third-order valence-corrected chi connectivity index (χ3v) is 5.04. The average molecular weight is 419 g/mol. The molecule has 0 N–H and O–H groups in total. The Labute approximate surface area is 175 Å². The first-order chi connectivity index (χ1) is 14.7. The first kappa shape index (κ1) is 18.3. The van der Waals surface area contributed by atoms with Crippen molar-refractivity contribution in [2.24, 2.45) is 0 Å². The number of methoxy groups -OCH3 is 1. The molecule has 9 heteroatoms. The summed E-state index contributed by atoms with van der Waals surface area (Å²) in [5.74, 6) is -0.404. The third-order valence-electron chi connectivity index (χ3n) is 4.79. The van der Waals surface area contributed by atoms with Gasteiger partial charge in [0.2, 0.25) is 0 Å². The van der Waals surface area contributed by atoms with E-state index in [1.807, 2.05) is 54.6 Å². The van der Waals surface area contributed by atoms with Crippen LogP contribution < -0.4 is 0 Å². The van der Waals surface area contributed by atoms with Gasteiger partial charge in [-0.15, -0.1) is 10.2 Å². The fourth-order valence-electron chi connectivity index (χ4n) is 3.34. The van der Waals surface area contributed by atoms with Gasteiger partial charge in [0.15, 0.2) is 16.8 Å². The van der Waals surface area contributed by atoms with Crippen molar-refractivity contribution in [1.29, 1.82) is 0 Å². The molecule has 2 aromatic carbocycles. The first-order valence-corrected chi connectivity index (χ1v) is 9.53. The molecule has 0 saturated carbocycles. The number of halogens is 1. The molecule has 0 aliphatic heterocycles. The predicted octanol–water partition coefficient (Wildman–Crippen LogP) is 3.50. The van der Waals surface area contributed by atoms with Gasteiger partial charge in [0.1, 0.15) is 5.69 Å². The Bertz CT molecular complexity index is 1380. The lowest BCUT2D eigenvalue weighted by atomic mass is 10.1.